The number of para-hydroxylation sites is 2. The fourth-order valence-electron chi connectivity index (χ4n) is 2.16. The molecular weight excluding hydrogens is 226 g/mol. The van der Waals surface area contributed by atoms with Crippen molar-refractivity contribution in [3.8, 4) is 11.4 Å². The number of anilines is 1. The van der Waals surface area contributed by atoms with Crippen LogP contribution in [0.2, 0.25) is 0 Å². The standard InChI is InChI=1S/C13H15N5/c1-2-5-10-11(12(14)18-17-10)13-15-8-6-3-4-7-9(8)16-13/h3-4,6-7H,2,5H2,1H3,(H,15,16)(H3,14,17,18). The molecule has 0 fully saturated rings. The molecule has 0 spiro atoms. The summed E-state index contributed by atoms with van der Waals surface area (Å²) >= 11 is 0. The number of aryl methyl sites for hydroxylation is 1. The predicted molar refractivity (Wildman–Crippen MR) is 72.1 cm³/mol. The van der Waals surface area contributed by atoms with Crippen molar-refractivity contribution in [2.75, 3.05) is 5.73 Å². The quantitative estimate of drug-likeness (QED) is 0.658. The lowest BCUT2D eigenvalue weighted by molar-refractivity contribution is 0.868. The molecule has 3 rings (SSSR count). The van der Waals surface area contributed by atoms with Crippen molar-refractivity contribution < 1.29 is 0 Å². The topological polar surface area (TPSA) is 83.4 Å². The minimum atomic E-state index is 0.498. The summed E-state index contributed by atoms with van der Waals surface area (Å²) < 4.78 is 0. The van der Waals surface area contributed by atoms with Crippen molar-refractivity contribution in [1.82, 2.24) is 20.2 Å². The summed E-state index contributed by atoms with van der Waals surface area (Å²) in [6.07, 6.45) is 1.95. The molecule has 0 aliphatic heterocycles. The van der Waals surface area contributed by atoms with Crippen LogP contribution in [0.4, 0.5) is 5.82 Å². The number of nitrogen functional groups attached to an aromatic ring is 1. The molecule has 0 aliphatic rings. The molecular formula is C13H15N5. The SMILES string of the molecule is CCCc1[nH]nc(N)c1-c1nc2ccccc2[nH]1. The summed E-state index contributed by atoms with van der Waals surface area (Å²) in [6.45, 7) is 2.12. The second-order valence-corrected chi connectivity index (χ2v) is 4.31. The molecule has 5 nitrogen and oxygen atoms in total. The van der Waals surface area contributed by atoms with Crippen LogP contribution in [0.3, 0.4) is 0 Å². The van der Waals surface area contributed by atoms with Crippen LogP contribution in [0, 0.1) is 0 Å². The molecule has 0 atom stereocenters. The lowest BCUT2D eigenvalue weighted by atomic mass is 10.1. The predicted octanol–water partition coefficient (Wildman–Crippen LogP) is 2.49. The van der Waals surface area contributed by atoms with Crippen LogP contribution in [0.15, 0.2) is 24.3 Å². The Hall–Kier alpha value is -2.30. The van der Waals surface area contributed by atoms with Gasteiger partial charge in [-0.1, -0.05) is 25.5 Å². The van der Waals surface area contributed by atoms with E-state index in [4.69, 9.17) is 5.73 Å². The molecule has 0 radical (unpaired) electrons. The first-order valence-corrected chi connectivity index (χ1v) is 6.07. The number of nitrogens with two attached hydrogens (primary N) is 1. The Balaban J connectivity index is 2.16. The van der Waals surface area contributed by atoms with Gasteiger partial charge < -0.3 is 10.7 Å². The molecule has 5 heteroatoms. The Morgan fingerprint density at radius 1 is 1.28 bits per heavy atom. The van der Waals surface area contributed by atoms with Gasteiger partial charge in [0.15, 0.2) is 5.82 Å². The highest BCUT2D eigenvalue weighted by molar-refractivity contribution is 5.82. The van der Waals surface area contributed by atoms with Gasteiger partial charge in [0.1, 0.15) is 5.82 Å². The molecule has 4 N–H and O–H groups in total. The number of nitrogens with zero attached hydrogens (tertiary/aromatic N) is 2. The van der Waals surface area contributed by atoms with Gasteiger partial charge in [-0.2, -0.15) is 5.10 Å². The van der Waals surface area contributed by atoms with Crippen LogP contribution >= 0.6 is 0 Å². The van der Waals surface area contributed by atoms with Gasteiger partial charge in [0, 0.05) is 5.69 Å². The van der Waals surface area contributed by atoms with Gasteiger partial charge in [0.2, 0.25) is 0 Å². The molecule has 0 amide bonds. The van der Waals surface area contributed by atoms with Gasteiger partial charge >= 0.3 is 0 Å². The van der Waals surface area contributed by atoms with E-state index in [0.717, 1.165) is 41.0 Å². The summed E-state index contributed by atoms with van der Waals surface area (Å²) in [5.41, 5.74) is 9.81. The van der Waals surface area contributed by atoms with E-state index in [-0.39, 0.29) is 0 Å². The maximum absolute atomic E-state index is 5.92. The van der Waals surface area contributed by atoms with E-state index in [1.54, 1.807) is 0 Å². The zero-order valence-electron chi connectivity index (χ0n) is 10.2. The number of hydrogen-bond donors (Lipinski definition) is 3. The summed E-state index contributed by atoms with van der Waals surface area (Å²) in [5, 5.41) is 7.06. The van der Waals surface area contributed by atoms with Crippen LogP contribution < -0.4 is 5.73 Å². The first-order valence-electron chi connectivity index (χ1n) is 6.07. The second kappa shape index (κ2) is 4.18. The molecule has 0 unspecified atom stereocenters. The Kier molecular flexibility index (Phi) is 2.51. The van der Waals surface area contributed by atoms with E-state index in [1.165, 1.54) is 0 Å². The molecule has 2 aromatic heterocycles. The number of hydrogen-bond acceptors (Lipinski definition) is 3. The number of fused-ring (bicyclic) bond motifs is 1. The van der Waals surface area contributed by atoms with Gasteiger partial charge in [-0.25, -0.2) is 4.98 Å². The maximum atomic E-state index is 5.92. The number of rotatable bonds is 3. The molecule has 0 bridgehead atoms. The van der Waals surface area contributed by atoms with Crippen molar-refractivity contribution in [3.05, 3.63) is 30.0 Å². The molecule has 18 heavy (non-hydrogen) atoms. The van der Waals surface area contributed by atoms with Crippen LogP contribution in [0.5, 0.6) is 0 Å². The molecule has 0 aliphatic carbocycles. The number of benzene rings is 1. The summed E-state index contributed by atoms with van der Waals surface area (Å²) in [5.74, 6) is 1.28. The van der Waals surface area contributed by atoms with E-state index in [1.807, 2.05) is 24.3 Å². The molecule has 92 valence electrons. The number of imidazole rings is 1. The summed E-state index contributed by atoms with van der Waals surface area (Å²) in [4.78, 5) is 7.85. The minimum Gasteiger partial charge on any atom is -0.382 e. The van der Waals surface area contributed by atoms with Gasteiger partial charge in [-0.05, 0) is 18.6 Å². The fourth-order valence-corrected chi connectivity index (χ4v) is 2.16. The molecule has 1 aromatic carbocycles. The highest BCUT2D eigenvalue weighted by Crippen LogP contribution is 2.28. The van der Waals surface area contributed by atoms with Crippen LogP contribution in [-0.4, -0.2) is 20.2 Å². The number of H-pyrrole nitrogens is 2. The summed E-state index contributed by atoms with van der Waals surface area (Å²) in [7, 11) is 0. The van der Waals surface area contributed by atoms with E-state index < -0.39 is 0 Å². The third kappa shape index (κ3) is 1.64. The Labute approximate surface area is 104 Å². The third-order valence-electron chi connectivity index (χ3n) is 3.00. The third-order valence-corrected chi connectivity index (χ3v) is 3.00. The number of aromatic nitrogens is 4. The largest absolute Gasteiger partial charge is 0.382 e. The van der Waals surface area contributed by atoms with E-state index in [9.17, 15) is 0 Å². The monoisotopic (exact) mass is 241 g/mol. The first-order chi connectivity index (χ1) is 8.79. The molecule has 3 aromatic rings. The van der Waals surface area contributed by atoms with Gasteiger partial charge in [0.05, 0.1) is 16.6 Å². The Bertz CT molecular complexity index is 647. The van der Waals surface area contributed by atoms with Crippen molar-refractivity contribution in [2.24, 2.45) is 0 Å². The van der Waals surface area contributed by atoms with Crippen LogP contribution in [0.25, 0.3) is 22.4 Å². The lowest BCUT2D eigenvalue weighted by Crippen LogP contribution is -1.92. The lowest BCUT2D eigenvalue weighted by Gasteiger charge is -1.98. The van der Waals surface area contributed by atoms with Crippen LogP contribution in [0.1, 0.15) is 19.0 Å². The number of nitrogens with one attached hydrogen (secondary N) is 2. The van der Waals surface area contributed by atoms with Crippen molar-refractivity contribution in [1.29, 1.82) is 0 Å². The Morgan fingerprint density at radius 3 is 2.89 bits per heavy atom. The highest BCUT2D eigenvalue weighted by Gasteiger charge is 2.15. The normalized spacial score (nSPS) is 11.2. The van der Waals surface area contributed by atoms with E-state index >= 15 is 0 Å². The Morgan fingerprint density at radius 2 is 2.11 bits per heavy atom. The fraction of sp³-hybridized carbons (Fsp3) is 0.231. The average molecular weight is 241 g/mol. The molecule has 0 saturated carbocycles. The van der Waals surface area contributed by atoms with Crippen molar-refractivity contribution in [3.63, 3.8) is 0 Å². The van der Waals surface area contributed by atoms with Gasteiger partial charge in [-0.3, -0.25) is 5.10 Å². The summed E-state index contributed by atoms with van der Waals surface area (Å²) in [6, 6.07) is 7.93. The zero-order valence-corrected chi connectivity index (χ0v) is 10.2. The molecule has 2 heterocycles. The van der Waals surface area contributed by atoms with Crippen LogP contribution in [-0.2, 0) is 6.42 Å². The maximum Gasteiger partial charge on any atom is 0.156 e. The zero-order chi connectivity index (χ0) is 12.5. The average Bonchev–Trinajstić information content (AvgIpc) is 2.93. The van der Waals surface area contributed by atoms with Crippen molar-refractivity contribution >= 4 is 16.9 Å². The number of aromatic amines is 2. The highest BCUT2D eigenvalue weighted by atomic mass is 15.2. The molecule has 0 saturated heterocycles. The van der Waals surface area contributed by atoms with Gasteiger partial charge in [-0.15, -0.1) is 0 Å². The smallest absolute Gasteiger partial charge is 0.156 e. The second-order valence-electron chi connectivity index (χ2n) is 4.31. The van der Waals surface area contributed by atoms with Gasteiger partial charge in [0.25, 0.3) is 0 Å². The van der Waals surface area contributed by atoms with E-state index in [0.29, 0.717) is 5.82 Å². The first kappa shape index (κ1) is 10.8. The minimum absolute atomic E-state index is 0.498. The van der Waals surface area contributed by atoms with Crippen molar-refractivity contribution in [2.45, 2.75) is 19.8 Å². The van der Waals surface area contributed by atoms with E-state index in [2.05, 4.69) is 27.1 Å².